The van der Waals surface area contributed by atoms with Crippen molar-refractivity contribution >= 4 is 91.4 Å². The maximum atomic E-state index is 14.8. The summed E-state index contributed by atoms with van der Waals surface area (Å²) in [6.45, 7) is 32.6. The lowest BCUT2D eigenvalue weighted by Gasteiger charge is -2.37. The number of thiocarbonyl (C=S) groups is 1. The summed E-state index contributed by atoms with van der Waals surface area (Å²) in [5.41, 5.74) is -3.71. The smallest absolute Gasteiger partial charge is 0.336 e. The minimum Gasteiger partial charge on any atom is -0.508 e. The summed E-state index contributed by atoms with van der Waals surface area (Å²) in [5, 5.41) is 27.4. The largest absolute Gasteiger partial charge is 0.508 e. The molecule has 3 unspecified atom stereocenters. The Morgan fingerprint density at radius 2 is 0.928 bits per heavy atom. The van der Waals surface area contributed by atoms with Gasteiger partial charge in [0.2, 0.25) is 0 Å². The van der Waals surface area contributed by atoms with Crippen LogP contribution in [0, 0.1) is 27.1 Å². The van der Waals surface area contributed by atoms with Gasteiger partial charge in [0.25, 0.3) is 0 Å². The SMILES string of the molecule is CCC(C)(C)C(=O)OCCSSCCOC(=O)C(C)(CCC(C)(CC)C(=O)OCCOCCOCCOCCOCCOCCOCCOCCOCCOC)CCC(C)(CCC(C)(C)C(=O)OCCNC(=S)Nc1ccc(-c2c3ccc(=O)cc-3oc3cc(O)ccc23)c(C(=O)O)c1)C(=O)OCCN(C(C)C)C(C)C. The average molecular weight is 1620 g/mol. The Kier molecular flexibility index (Phi) is 45.1. The molecule has 4 N–H and O–H groups in total. The number of nitrogens with zero attached hydrogens (tertiary/aromatic N) is 1. The molecule has 0 aromatic heterocycles. The van der Waals surface area contributed by atoms with Gasteiger partial charge in [0, 0.05) is 71.6 Å². The van der Waals surface area contributed by atoms with Crippen molar-refractivity contribution in [3.8, 4) is 28.2 Å². The van der Waals surface area contributed by atoms with E-state index in [1.807, 2.05) is 34.6 Å². The Morgan fingerprint density at radius 1 is 0.495 bits per heavy atom. The van der Waals surface area contributed by atoms with Gasteiger partial charge in [0.15, 0.2) is 10.5 Å². The van der Waals surface area contributed by atoms with Crippen molar-refractivity contribution in [1.82, 2.24) is 10.2 Å². The first kappa shape index (κ1) is 97.1. The van der Waals surface area contributed by atoms with Crippen LogP contribution in [0.5, 0.6) is 5.75 Å². The number of nitrogens with one attached hydrogen (secondary N) is 2. The molecule has 1 aliphatic heterocycles. The van der Waals surface area contributed by atoms with Crippen molar-refractivity contribution < 1.29 is 110 Å². The lowest BCUT2D eigenvalue weighted by Crippen LogP contribution is -2.41. The van der Waals surface area contributed by atoms with Crippen LogP contribution in [-0.4, -0.2) is 245 Å². The van der Waals surface area contributed by atoms with E-state index < -0.39 is 56.9 Å². The molecule has 1 heterocycles. The lowest BCUT2D eigenvalue weighted by atomic mass is 9.69. The number of rotatable bonds is 61. The number of fused-ring (bicyclic) bond motifs is 2. The number of carbonyl (C=O) groups excluding carboxylic acids is 5. The molecule has 0 saturated heterocycles. The zero-order valence-corrected chi connectivity index (χ0v) is 70.4. The van der Waals surface area contributed by atoms with Gasteiger partial charge < -0.3 is 91.6 Å². The van der Waals surface area contributed by atoms with Gasteiger partial charge in [-0.3, -0.25) is 33.7 Å². The standard InChI is InChI=1S/C81H125N3O24S3/c1-15-77(7,8)71(89)106-51-53-110-111-54-52-107-75(93)81(13,26-25-79(11,16-2)73(91)105-50-49-102-48-47-101-46-45-100-44-43-99-42-41-98-40-39-97-38-37-96-36-35-95-34-33-94-14)28-27-80(12,74(92)104-32-30-84(58(3)4)59(5)6)24-23-78(9,10)72(90)103-31-29-82-76(109)83-60-17-20-63(66(55-60)70(87)88)69-64-21-18-61(85)56-67(64)108-68-57-62(86)19-22-65(68)69/h17-22,55-59,85H,15-16,23-54H2,1-14H3,(H,87,88)(H2,82,83,109). The highest BCUT2D eigenvalue weighted by atomic mass is 33.1. The van der Waals surface area contributed by atoms with Crippen molar-refractivity contribution in [3.63, 3.8) is 0 Å². The lowest BCUT2D eigenvalue weighted by molar-refractivity contribution is -0.163. The van der Waals surface area contributed by atoms with Crippen LogP contribution in [0.2, 0.25) is 0 Å². The van der Waals surface area contributed by atoms with Crippen LogP contribution in [0.25, 0.3) is 33.4 Å². The third-order valence-electron chi connectivity index (χ3n) is 19.4. The summed E-state index contributed by atoms with van der Waals surface area (Å²) in [7, 11) is 4.61. The van der Waals surface area contributed by atoms with Gasteiger partial charge in [-0.1, -0.05) is 41.5 Å². The van der Waals surface area contributed by atoms with Crippen LogP contribution in [0.15, 0.2) is 63.8 Å². The zero-order valence-electron chi connectivity index (χ0n) is 67.9. The number of aromatic hydroxyl groups is 1. The fourth-order valence-corrected chi connectivity index (χ4v) is 13.2. The minimum atomic E-state index is -1.24. The molecule has 0 radical (unpaired) electrons. The van der Waals surface area contributed by atoms with Gasteiger partial charge in [0.1, 0.15) is 50.1 Å². The van der Waals surface area contributed by atoms with Crippen LogP contribution in [-0.2, 0) is 90.3 Å². The molecule has 2 aromatic carbocycles. The van der Waals surface area contributed by atoms with Gasteiger partial charge in [-0.25, -0.2) is 4.79 Å². The quantitative estimate of drug-likeness (QED) is 0.00797. The Labute approximate surface area is 669 Å². The van der Waals surface area contributed by atoms with Crippen molar-refractivity contribution in [2.75, 3.05) is 182 Å². The number of esters is 5. The number of hydrogen-bond donors (Lipinski definition) is 4. The number of methoxy groups -OCH3 is 1. The Balaban J connectivity index is 1.35. The first-order valence-corrected chi connectivity index (χ1v) is 41.4. The molecule has 30 heteroatoms. The number of phenolic OH excluding ortho intramolecular Hbond substituents is 1. The van der Waals surface area contributed by atoms with E-state index in [0.29, 0.717) is 158 Å². The van der Waals surface area contributed by atoms with E-state index in [9.17, 15) is 43.8 Å². The molecule has 626 valence electrons. The topological polar surface area (TPSA) is 330 Å². The van der Waals surface area contributed by atoms with Crippen LogP contribution < -0.4 is 16.1 Å². The van der Waals surface area contributed by atoms with Gasteiger partial charge in [0.05, 0.1) is 152 Å². The average Bonchev–Trinajstić information content (AvgIpc) is 0.748. The van der Waals surface area contributed by atoms with Gasteiger partial charge in [-0.2, -0.15) is 0 Å². The number of carboxylic acids is 1. The summed E-state index contributed by atoms with van der Waals surface area (Å²) in [6.07, 6.45) is 2.10. The summed E-state index contributed by atoms with van der Waals surface area (Å²) >= 11 is 5.59. The second-order valence-electron chi connectivity index (χ2n) is 29.6. The first-order chi connectivity index (χ1) is 52.9. The number of phenols is 1. The summed E-state index contributed by atoms with van der Waals surface area (Å²) in [5.74, 6) is -2.37. The number of aromatic carboxylic acids is 1. The van der Waals surface area contributed by atoms with E-state index in [4.69, 9.17) is 83.0 Å². The minimum absolute atomic E-state index is 0.00583. The molecule has 0 spiro atoms. The molecule has 0 amide bonds. The molecule has 0 fully saturated rings. The Bertz CT molecular complexity index is 3480. The molecule has 0 saturated carbocycles. The number of hydrogen-bond acceptors (Lipinski definition) is 27. The molecule has 3 atom stereocenters. The van der Waals surface area contributed by atoms with Crippen molar-refractivity contribution in [2.24, 2.45) is 27.1 Å². The highest BCUT2D eigenvalue weighted by Crippen LogP contribution is 2.45. The highest BCUT2D eigenvalue weighted by Gasteiger charge is 2.45. The summed E-state index contributed by atoms with van der Waals surface area (Å²) < 4.78 is 84.6. The third-order valence-corrected chi connectivity index (χ3v) is 22.0. The fourth-order valence-electron chi connectivity index (χ4n) is 11.4. The molecule has 1 aliphatic carbocycles. The van der Waals surface area contributed by atoms with E-state index in [1.165, 1.54) is 51.9 Å². The van der Waals surface area contributed by atoms with Gasteiger partial charge >= 0.3 is 35.8 Å². The van der Waals surface area contributed by atoms with Crippen molar-refractivity contribution in [2.45, 2.75) is 153 Å². The van der Waals surface area contributed by atoms with Gasteiger partial charge in [-0.05, 0) is 182 Å². The number of carbonyl (C=O) groups is 6. The highest BCUT2D eigenvalue weighted by molar-refractivity contribution is 8.76. The Hall–Kier alpha value is -6.26. The van der Waals surface area contributed by atoms with Crippen LogP contribution in [0.3, 0.4) is 0 Å². The van der Waals surface area contributed by atoms with Crippen LogP contribution in [0.4, 0.5) is 5.69 Å². The maximum absolute atomic E-state index is 14.8. The Morgan fingerprint density at radius 3 is 1.41 bits per heavy atom. The number of benzene rings is 3. The predicted molar refractivity (Wildman–Crippen MR) is 433 cm³/mol. The number of anilines is 1. The molecule has 4 rings (SSSR count). The molecular formula is C81H125N3O24S3. The number of ether oxygens (including phenoxy) is 14. The van der Waals surface area contributed by atoms with Crippen LogP contribution >= 0.6 is 33.8 Å². The van der Waals surface area contributed by atoms with E-state index in [-0.39, 0.29) is 143 Å². The molecule has 111 heavy (non-hydrogen) atoms. The number of carboxylic acid groups (broad SMARTS) is 1. The molecule has 0 bridgehead atoms. The fraction of sp³-hybridized carbons (Fsp3) is 0.679. The monoisotopic (exact) mass is 1620 g/mol. The molecule has 2 aromatic rings. The van der Waals surface area contributed by atoms with Gasteiger partial charge in [-0.15, -0.1) is 0 Å². The maximum Gasteiger partial charge on any atom is 0.336 e. The third kappa shape index (κ3) is 35.2. The second-order valence-corrected chi connectivity index (χ2v) is 32.7. The van der Waals surface area contributed by atoms with E-state index in [0.717, 1.165) is 0 Å². The van der Waals surface area contributed by atoms with Crippen molar-refractivity contribution in [1.29, 1.82) is 0 Å². The second kappa shape index (κ2) is 51.6. The summed E-state index contributed by atoms with van der Waals surface area (Å²) in [6, 6.07) is 13.7. The van der Waals surface area contributed by atoms with Crippen molar-refractivity contribution in [3.05, 3.63) is 70.4 Å². The zero-order chi connectivity index (χ0) is 81.9. The normalized spacial score (nSPS) is 13.6. The predicted octanol–water partition coefficient (Wildman–Crippen LogP) is 12.5. The van der Waals surface area contributed by atoms with E-state index >= 15 is 0 Å². The molecule has 27 nitrogen and oxygen atoms in total. The first-order valence-electron chi connectivity index (χ1n) is 38.5. The molecule has 2 aliphatic rings. The van der Waals surface area contributed by atoms with E-state index in [2.05, 4.69) is 43.2 Å². The van der Waals surface area contributed by atoms with E-state index in [1.54, 1.807) is 59.1 Å². The van der Waals surface area contributed by atoms with Crippen LogP contribution in [0.1, 0.15) is 152 Å². The summed E-state index contributed by atoms with van der Waals surface area (Å²) in [4.78, 5) is 97.5. The molecular weight excluding hydrogens is 1500 g/mol.